The van der Waals surface area contributed by atoms with Crippen molar-refractivity contribution in [1.29, 1.82) is 0 Å². The van der Waals surface area contributed by atoms with Gasteiger partial charge in [-0.1, -0.05) is 31.4 Å². The standard InChI is InChI=1S/C21H30O2/c1-5-6-7-8-15-12-18(22)20-16-11-14(2)9-10-17(16)21(3,4)23-19(20)13-15/h11-13,16-17,22H,5-10H2,1-4H3/t16-,17-/m1/s1/i2D3,8D2,9D2,10D2,11D,16D,17D. The van der Waals surface area contributed by atoms with E-state index in [1.54, 1.807) is 0 Å². The summed E-state index contributed by atoms with van der Waals surface area (Å²) in [7, 11) is 0. The SMILES string of the molecule is [2H]C1=C(C([2H])([2H])[2H])C([2H])([2H])C([2H])([2H])[C@@]2([2H])C(C)(C)Oc3cc(C([2H])([2H])CCCC)cc(O)c3[C@]12[2H]. The van der Waals surface area contributed by atoms with Crippen LogP contribution in [0.25, 0.3) is 0 Å². The Balaban J connectivity index is 2.49. The Morgan fingerprint density at radius 3 is 3.09 bits per heavy atom. The summed E-state index contributed by atoms with van der Waals surface area (Å²) in [5.41, 5.74) is -3.81. The van der Waals surface area contributed by atoms with Gasteiger partial charge in [-0.15, -0.1) is 0 Å². The number of benzene rings is 1. The predicted octanol–water partition coefficient (Wildman–Crippen LogP) is 5.74. The van der Waals surface area contributed by atoms with Crippen LogP contribution in [0.15, 0.2) is 23.8 Å². The number of fused-ring (bicyclic) bond motifs is 3. The van der Waals surface area contributed by atoms with Crippen LogP contribution in [0.1, 0.15) is 93.1 Å². The van der Waals surface area contributed by atoms with Crippen LogP contribution in [0.2, 0.25) is 0 Å². The first kappa shape index (κ1) is 7.21. The summed E-state index contributed by atoms with van der Waals surface area (Å²) in [6.07, 6.45) is -7.21. The summed E-state index contributed by atoms with van der Waals surface area (Å²) < 4.78 is 107. The topological polar surface area (TPSA) is 29.5 Å². The van der Waals surface area contributed by atoms with Gasteiger partial charge in [0.25, 0.3) is 0 Å². The highest BCUT2D eigenvalue weighted by atomic mass is 16.5. The first-order valence-corrected chi connectivity index (χ1v) is 7.85. The number of hydrogen-bond donors (Lipinski definition) is 1. The van der Waals surface area contributed by atoms with Crippen molar-refractivity contribution in [2.45, 2.75) is 77.5 Å². The van der Waals surface area contributed by atoms with Crippen molar-refractivity contribution in [2.75, 3.05) is 0 Å². The molecule has 1 aliphatic heterocycles. The van der Waals surface area contributed by atoms with Crippen LogP contribution >= 0.6 is 0 Å². The molecule has 0 saturated heterocycles. The molecule has 0 aromatic heterocycles. The normalized spacial score (nSPS) is 45.2. The Bertz CT molecular complexity index is 1070. The molecule has 0 bridgehead atoms. The van der Waals surface area contributed by atoms with E-state index in [4.69, 9.17) is 18.4 Å². The van der Waals surface area contributed by atoms with Crippen LogP contribution in [0.4, 0.5) is 0 Å². The van der Waals surface area contributed by atoms with E-state index in [1.165, 1.54) is 19.9 Å². The lowest BCUT2D eigenvalue weighted by molar-refractivity contribution is 0.0107. The molecular weight excluding hydrogens is 284 g/mol. The molecule has 0 saturated carbocycles. The summed E-state index contributed by atoms with van der Waals surface area (Å²) in [5, 5.41) is 11.0. The number of unbranched alkanes of at least 4 members (excludes halogenated alkanes) is 1. The zero-order chi connectivity index (χ0) is 27.2. The van der Waals surface area contributed by atoms with E-state index in [9.17, 15) is 7.85 Å². The molecule has 3 rings (SSSR count). The first-order chi connectivity index (χ1) is 15.6. The van der Waals surface area contributed by atoms with Gasteiger partial charge in [0.15, 0.2) is 0 Å². The van der Waals surface area contributed by atoms with Gasteiger partial charge in [0.05, 0.1) is 1.37 Å². The van der Waals surface area contributed by atoms with Gasteiger partial charge < -0.3 is 9.84 Å². The number of allylic oxidation sites excluding steroid dienone is 2. The molecule has 126 valence electrons. The van der Waals surface area contributed by atoms with Gasteiger partial charge in [0, 0.05) is 32.4 Å². The molecule has 0 unspecified atom stereocenters. The fourth-order valence-corrected chi connectivity index (χ4v) is 2.82. The minimum atomic E-state index is -3.36. The van der Waals surface area contributed by atoms with Crippen LogP contribution in [-0.4, -0.2) is 10.7 Å². The maximum absolute atomic E-state index is 11.0. The molecule has 1 heterocycles. The highest BCUT2D eigenvalue weighted by Gasteiger charge is 2.45. The van der Waals surface area contributed by atoms with Gasteiger partial charge in [-0.25, -0.2) is 0 Å². The van der Waals surface area contributed by atoms with Gasteiger partial charge in [0.1, 0.15) is 17.1 Å². The maximum atomic E-state index is 11.0. The number of phenolic OH excluding ortho intramolecular Hbond substituents is 1. The molecule has 2 aliphatic rings. The molecular formula is C21H30O2. The van der Waals surface area contributed by atoms with Crippen LogP contribution in [0.3, 0.4) is 0 Å². The Labute approximate surface area is 157 Å². The Hall–Kier alpha value is -1.44. The molecule has 23 heavy (non-hydrogen) atoms. The van der Waals surface area contributed by atoms with Crippen molar-refractivity contribution in [1.82, 2.24) is 0 Å². The Morgan fingerprint density at radius 2 is 2.35 bits per heavy atom. The summed E-state index contributed by atoms with van der Waals surface area (Å²) in [6.45, 7) is 1.07. The smallest absolute Gasteiger partial charge is 0.127 e. The van der Waals surface area contributed by atoms with Crippen LogP contribution in [-0.2, 0) is 6.37 Å². The van der Waals surface area contributed by atoms with Gasteiger partial charge in [-0.3, -0.25) is 0 Å². The van der Waals surface area contributed by atoms with E-state index in [1.807, 2.05) is 6.92 Å². The first-order valence-electron chi connectivity index (χ1n) is 13.8. The van der Waals surface area contributed by atoms with E-state index in [0.717, 1.165) is 12.5 Å². The van der Waals surface area contributed by atoms with E-state index < -0.39 is 66.3 Å². The Kier molecular flexibility index (Phi) is 1.95. The third kappa shape index (κ3) is 3.13. The van der Waals surface area contributed by atoms with Crippen molar-refractivity contribution in [3.05, 3.63) is 34.9 Å². The third-order valence-electron chi connectivity index (χ3n) is 3.97. The predicted molar refractivity (Wildman–Crippen MR) is 95.3 cm³/mol. The number of aryl methyl sites for hydroxylation is 1. The highest BCUT2D eigenvalue weighted by molar-refractivity contribution is 5.53. The summed E-state index contributed by atoms with van der Waals surface area (Å²) >= 11 is 0. The molecule has 1 N–H and O–H groups in total. The van der Waals surface area contributed by atoms with Gasteiger partial charge in [-0.05, 0) is 63.9 Å². The molecule has 2 heteroatoms. The molecule has 2 nitrogen and oxygen atoms in total. The maximum Gasteiger partial charge on any atom is 0.127 e. The van der Waals surface area contributed by atoms with Crippen LogP contribution in [0, 0.1) is 5.89 Å². The lowest BCUT2D eigenvalue weighted by atomic mass is 9.68. The number of hydrogen-bond acceptors (Lipinski definition) is 2. The van der Waals surface area contributed by atoms with Crippen LogP contribution in [0.5, 0.6) is 11.5 Å². The van der Waals surface area contributed by atoms with Gasteiger partial charge in [0.2, 0.25) is 0 Å². The van der Waals surface area contributed by atoms with Crippen molar-refractivity contribution in [2.24, 2.45) is 5.89 Å². The molecule has 0 spiro atoms. The molecule has 2 atom stereocenters. The monoisotopic (exact) mass is 326 g/mol. The molecule has 0 amide bonds. The molecule has 0 fully saturated rings. The van der Waals surface area contributed by atoms with Gasteiger partial charge in [-0.2, -0.15) is 0 Å². The minimum absolute atomic E-state index is 0.0137. The fraction of sp³-hybridized carbons (Fsp3) is 0.619. The number of ether oxygens (including phenoxy) is 1. The molecule has 1 aromatic carbocycles. The number of aromatic hydroxyl groups is 1. The molecule has 1 aliphatic carbocycles. The van der Waals surface area contributed by atoms with Crippen molar-refractivity contribution in [3.63, 3.8) is 0 Å². The second-order valence-corrected chi connectivity index (χ2v) is 6.26. The number of rotatable bonds is 4. The van der Waals surface area contributed by atoms with E-state index in [2.05, 4.69) is 0 Å². The van der Waals surface area contributed by atoms with E-state index in [-0.39, 0.29) is 17.7 Å². The zero-order valence-corrected chi connectivity index (χ0v) is 13.6. The zero-order valence-electron chi connectivity index (χ0n) is 25.6. The molecule has 1 aromatic rings. The quantitative estimate of drug-likeness (QED) is 0.715. The summed E-state index contributed by atoms with van der Waals surface area (Å²) in [6, 6.07) is 1.10. The fourth-order valence-electron chi connectivity index (χ4n) is 2.82. The highest BCUT2D eigenvalue weighted by Crippen LogP contribution is 2.53. The van der Waals surface area contributed by atoms with Crippen LogP contribution < -0.4 is 4.74 Å². The average molecular weight is 327 g/mol. The van der Waals surface area contributed by atoms with Crippen molar-refractivity contribution in [3.8, 4) is 11.5 Å². The lowest BCUT2D eigenvalue weighted by Crippen LogP contribution is -2.45. The third-order valence-corrected chi connectivity index (χ3v) is 3.97. The van der Waals surface area contributed by atoms with Crippen molar-refractivity contribution < 1.29 is 26.3 Å². The molecule has 0 radical (unpaired) electrons. The average Bonchev–Trinajstić information content (AvgIpc) is 2.67. The lowest BCUT2D eigenvalue weighted by Gasteiger charge is -2.46. The van der Waals surface area contributed by atoms with E-state index >= 15 is 0 Å². The van der Waals surface area contributed by atoms with Crippen molar-refractivity contribution >= 4 is 0 Å². The summed E-state index contributed by atoms with van der Waals surface area (Å²) in [4.78, 5) is 0. The number of phenols is 1. The Morgan fingerprint density at radius 1 is 1.52 bits per heavy atom. The second-order valence-electron chi connectivity index (χ2n) is 6.26. The minimum Gasteiger partial charge on any atom is -0.507 e. The second kappa shape index (κ2) is 6.22. The largest absolute Gasteiger partial charge is 0.507 e. The summed E-state index contributed by atoms with van der Waals surface area (Å²) in [5.74, 6) is -6.87. The van der Waals surface area contributed by atoms with Gasteiger partial charge >= 0.3 is 0 Å². The van der Waals surface area contributed by atoms with E-state index in [0.29, 0.717) is 6.42 Å².